The summed E-state index contributed by atoms with van der Waals surface area (Å²) in [6.45, 7) is -0.0516. The highest BCUT2D eigenvalue weighted by Crippen LogP contribution is 2.26. The fourth-order valence-electron chi connectivity index (χ4n) is 2.08. The third kappa shape index (κ3) is 4.76. The molecule has 1 unspecified atom stereocenters. The van der Waals surface area contributed by atoms with Crippen molar-refractivity contribution in [1.29, 1.82) is 0 Å². The molecule has 2 N–H and O–H groups in total. The van der Waals surface area contributed by atoms with Gasteiger partial charge in [-0.05, 0) is 36.8 Å². The number of hydrogen-bond acceptors (Lipinski definition) is 3. The van der Waals surface area contributed by atoms with Crippen LogP contribution in [-0.4, -0.2) is 28.6 Å². The van der Waals surface area contributed by atoms with Crippen LogP contribution in [-0.2, 0) is 4.79 Å². The van der Waals surface area contributed by atoms with Gasteiger partial charge in [0, 0.05) is 12.1 Å². The van der Waals surface area contributed by atoms with Crippen molar-refractivity contribution in [2.45, 2.75) is 30.9 Å². The molecule has 1 aromatic carbocycles. The van der Waals surface area contributed by atoms with E-state index in [2.05, 4.69) is 17.2 Å². The predicted molar refractivity (Wildman–Crippen MR) is 83.7 cm³/mol. The molecular weight excluding hydrogens is 289 g/mol. The van der Waals surface area contributed by atoms with E-state index in [-0.39, 0.29) is 23.3 Å². The van der Waals surface area contributed by atoms with Gasteiger partial charge in [-0.3, -0.25) is 4.79 Å². The second-order valence-electron chi connectivity index (χ2n) is 4.81. The molecule has 0 bridgehead atoms. The van der Waals surface area contributed by atoms with Crippen LogP contribution in [0.1, 0.15) is 31.2 Å². The summed E-state index contributed by atoms with van der Waals surface area (Å²) < 4.78 is 13.6. The molecule has 2 rings (SSSR count). The minimum atomic E-state index is -0.425. The summed E-state index contributed by atoms with van der Waals surface area (Å²) in [5.74, 6) is 5.91. The maximum atomic E-state index is 13.6. The van der Waals surface area contributed by atoms with Gasteiger partial charge in [0.1, 0.15) is 5.82 Å². The van der Waals surface area contributed by atoms with Crippen LogP contribution in [0.2, 0.25) is 0 Å². The molecule has 21 heavy (non-hydrogen) atoms. The molecule has 1 saturated heterocycles. The first-order valence-electron chi connectivity index (χ1n) is 7.02. The molecule has 1 aliphatic rings. The standard InChI is InChI=1S/C16H18FNO2S/c17-14-8-7-13(11-12(14)5-1-3-9-19)18-16(20)15-6-2-4-10-21-15/h7-8,11,15,19H,2-4,6,9-10H2,(H,18,20). The Bertz CT molecular complexity index is 559. The third-order valence-corrected chi connectivity index (χ3v) is 4.54. The summed E-state index contributed by atoms with van der Waals surface area (Å²) in [5, 5.41) is 11.5. The lowest BCUT2D eigenvalue weighted by molar-refractivity contribution is -0.115. The molecule has 0 radical (unpaired) electrons. The van der Waals surface area contributed by atoms with E-state index in [9.17, 15) is 9.18 Å². The largest absolute Gasteiger partial charge is 0.395 e. The zero-order valence-corrected chi connectivity index (χ0v) is 12.5. The number of aliphatic hydroxyl groups excluding tert-OH is 1. The summed E-state index contributed by atoms with van der Waals surface area (Å²) in [6, 6.07) is 4.37. The smallest absolute Gasteiger partial charge is 0.237 e. The number of aliphatic hydroxyl groups is 1. The summed E-state index contributed by atoms with van der Waals surface area (Å²) in [4.78, 5) is 12.1. The van der Waals surface area contributed by atoms with Gasteiger partial charge in [0.25, 0.3) is 0 Å². The highest BCUT2D eigenvalue weighted by molar-refractivity contribution is 8.00. The van der Waals surface area contributed by atoms with Crippen LogP contribution in [0, 0.1) is 17.7 Å². The first kappa shape index (κ1) is 15.9. The Labute approximate surface area is 128 Å². The van der Waals surface area contributed by atoms with E-state index in [4.69, 9.17) is 5.11 Å². The van der Waals surface area contributed by atoms with Crippen molar-refractivity contribution < 1.29 is 14.3 Å². The molecular formula is C16H18FNO2S. The van der Waals surface area contributed by atoms with E-state index in [1.807, 2.05) is 0 Å². The Morgan fingerprint density at radius 1 is 1.48 bits per heavy atom. The zero-order valence-electron chi connectivity index (χ0n) is 11.7. The van der Waals surface area contributed by atoms with Gasteiger partial charge in [0.05, 0.1) is 17.4 Å². The first-order chi connectivity index (χ1) is 10.2. The van der Waals surface area contributed by atoms with Crippen LogP contribution >= 0.6 is 11.8 Å². The molecule has 0 spiro atoms. The molecule has 1 aromatic rings. The van der Waals surface area contributed by atoms with E-state index >= 15 is 0 Å². The van der Waals surface area contributed by atoms with Crippen molar-refractivity contribution in [2.24, 2.45) is 0 Å². The Morgan fingerprint density at radius 3 is 3.05 bits per heavy atom. The van der Waals surface area contributed by atoms with E-state index in [1.165, 1.54) is 18.2 Å². The second-order valence-corrected chi connectivity index (χ2v) is 6.13. The highest BCUT2D eigenvalue weighted by Gasteiger charge is 2.21. The average Bonchev–Trinajstić information content (AvgIpc) is 2.51. The Morgan fingerprint density at radius 2 is 2.33 bits per heavy atom. The van der Waals surface area contributed by atoms with Crippen LogP contribution in [0.3, 0.4) is 0 Å². The molecule has 5 heteroatoms. The second kappa shape index (κ2) is 8.06. The van der Waals surface area contributed by atoms with Crippen LogP contribution in [0.4, 0.5) is 10.1 Å². The van der Waals surface area contributed by atoms with E-state index in [0.29, 0.717) is 12.1 Å². The van der Waals surface area contributed by atoms with Gasteiger partial charge in [0.15, 0.2) is 0 Å². The van der Waals surface area contributed by atoms with Gasteiger partial charge in [-0.2, -0.15) is 0 Å². The fourth-order valence-corrected chi connectivity index (χ4v) is 3.28. The topological polar surface area (TPSA) is 49.3 Å². The number of amides is 1. The molecule has 112 valence electrons. The number of anilines is 1. The molecule has 1 atom stereocenters. The van der Waals surface area contributed by atoms with Gasteiger partial charge >= 0.3 is 0 Å². The van der Waals surface area contributed by atoms with Crippen molar-refractivity contribution >= 4 is 23.4 Å². The SMILES string of the molecule is O=C(Nc1ccc(F)c(C#CCCO)c1)C1CCCCS1. The van der Waals surface area contributed by atoms with Gasteiger partial charge in [-0.1, -0.05) is 18.3 Å². The zero-order chi connectivity index (χ0) is 15.1. The molecule has 3 nitrogen and oxygen atoms in total. The molecule has 1 fully saturated rings. The van der Waals surface area contributed by atoms with E-state index in [1.54, 1.807) is 11.8 Å². The molecule has 0 aliphatic carbocycles. The van der Waals surface area contributed by atoms with Crippen LogP contribution in [0.5, 0.6) is 0 Å². The molecule has 1 amide bonds. The lowest BCUT2D eigenvalue weighted by Gasteiger charge is -2.20. The van der Waals surface area contributed by atoms with Gasteiger partial charge in [0.2, 0.25) is 5.91 Å². The monoisotopic (exact) mass is 307 g/mol. The first-order valence-corrected chi connectivity index (χ1v) is 8.07. The third-order valence-electron chi connectivity index (χ3n) is 3.17. The summed E-state index contributed by atoms with van der Waals surface area (Å²) >= 11 is 1.67. The minimum Gasteiger partial charge on any atom is -0.395 e. The van der Waals surface area contributed by atoms with Crippen molar-refractivity contribution in [1.82, 2.24) is 0 Å². The van der Waals surface area contributed by atoms with E-state index in [0.717, 1.165) is 25.0 Å². The molecule has 1 heterocycles. The fraction of sp³-hybridized carbons (Fsp3) is 0.438. The van der Waals surface area contributed by atoms with Crippen molar-refractivity contribution in [3.8, 4) is 11.8 Å². The maximum absolute atomic E-state index is 13.6. The summed E-state index contributed by atoms with van der Waals surface area (Å²) in [7, 11) is 0. The Hall–Kier alpha value is -1.51. The molecule has 1 aliphatic heterocycles. The number of halogens is 1. The number of nitrogens with one attached hydrogen (secondary N) is 1. The van der Waals surface area contributed by atoms with Crippen LogP contribution < -0.4 is 5.32 Å². The van der Waals surface area contributed by atoms with Crippen molar-refractivity contribution in [3.63, 3.8) is 0 Å². The average molecular weight is 307 g/mol. The molecule has 0 saturated carbocycles. The lowest BCUT2D eigenvalue weighted by Crippen LogP contribution is -2.27. The number of rotatable bonds is 3. The Kier molecular flexibility index (Phi) is 6.09. The van der Waals surface area contributed by atoms with Crippen LogP contribution in [0.15, 0.2) is 18.2 Å². The Balaban J connectivity index is 2.04. The van der Waals surface area contributed by atoms with E-state index < -0.39 is 5.82 Å². The number of carbonyl (C=O) groups excluding carboxylic acids is 1. The van der Waals surface area contributed by atoms with Gasteiger partial charge in [-0.15, -0.1) is 11.8 Å². The minimum absolute atomic E-state index is 0.0206. The lowest BCUT2D eigenvalue weighted by atomic mass is 10.1. The predicted octanol–water partition coefficient (Wildman–Crippen LogP) is 2.78. The van der Waals surface area contributed by atoms with Crippen LogP contribution in [0.25, 0.3) is 0 Å². The number of hydrogen-bond donors (Lipinski definition) is 2. The number of thioether (sulfide) groups is 1. The van der Waals surface area contributed by atoms with Crippen molar-refractivity contribution in [3.05, 3.63) is 29.6 Å². The maximum Gasteiger partial charge on any atom is 0.237 e. The molecule has 0 aromatic heterocycles. The summed E-state index contributed by atoms with van der Waals surface area (Å²) in [5.41, 5.74) is 0.790. The number of carbonyl (C=O) groups is 1. The van der Waals surface area contributed by atoms with Gasteiger partial charge < -0.3 is 10.4 Å². The highest BCUT2D eigenvalue weighted by atomic mass is 32.2. The number of benzene rings is 1. The quantitative estimate of drug-likeness (QED) is 0.844. The normalized spacial score (nSPS) is 17.7. The van der Waals surface area contributed by atoms with Crippen molar-refractivity contribution in [2.75, 3.05) is 17.7 Å². The van der Waals surface area contributed by atoms with Gasteiger partial charge in [-0.25, -0.2) is 4.39 Å². The summed E-state index contributed by atoms with van der Waals surface area (Å²) in [6.07, 6.45) is 3.43.